The highest BCUT2D eigenvalue weighted by Gasteiger charge is 2.60. The summed E-state index contributed by atoms with van der Waals surface area (Å²) in [4.78, 5) is 32.5. The van der Waals surface area contributed by atoms with E-state index in [1.807, 2.05) is 4.90 Å². The topological polar surface area (TPSA) is 65.2 Å². The van der Waals surface area contributed by atoms with E-state index >= 15 is 0 Å². The van der Waals surface area contributed by atoms with Crippen LogP contribution in [0.3, 0.4) is 0 Å². The van der Waals surface area contributed by atoms with Gasteiger partial charge in [-0.2, -0.15) is 0 Å². The smallest absolute Gasteiger partial charge is 0.240 e. The molecule has 2 atom stereocenters. The molecule has 6 aliphatic rings. The molecule has 1 aromatic heterocycles. The van der Waals surface area contributed by atoms with E-state index in [9.17, 15) is 9.59 Å². The number of rotatable bonds is 7. The van der Waals surface area contributed by atoms with Crippen LogP contribution in [0.5, 0.6) is 0 Å². The highest BCUT2D eigenvalue weighted by Crippen LogP contribution is 2.67. The van der Waals surface area contributed by atoms with E-state index in [4.69, 9.17) is 0 Å². The average Bonchev–Trinajstić information content (AvgIpc) is 3.69. The molecule has 2 aromatic rings. The van der Waals surface area contributed by atoms with Crippen molar-refractivity contribution in [1.29, 1.82) is 0 Å². The molecular weight excluding hydrogens is 446 g/mol. The summed E-state index contributed by atoms with van der Waals surface area (Å²) in [5.74, 6) is 3.36. The quantitative estimate of drug-likeness (QED) is 0.528. The molecule has 2 N–H and O–H groups in total. The van der Waals surface area contributed by atoms with Crippen LogP contribution in [0, 0.1) is 36.0 Å². The Hall–Kier alpha value is -2.30. The molecule has 6 saturated carbocycles. The highest BCUT2D eigenvalue weighted by molar-refractivity contribution is 5.88. The maximum atomic E-state index is 13.7. The second kappa shape index (κ2) is 7.85. The summed E-state index contributed by atoms with van der Waals surface area (Å²) in [5.41, 5.74) is 3.88. The van der Waals surface area contributed by atoms with Crippen molar-refractivity contribution in [3.63, 3.8) is 0 Å². The van der Waals surface area contributed by atoms with Crippen LogP contribution in [0.1, 0.15) is 88.8 Å². The molecule has 1 heterocycles. The van der Waals surface area contributed by atoms with Crippen molar-refractivity contribution in [2.75, 3.05) is 6.54 Å². The molecule has 2 amide bonds. The van der Waals surface area contributed by atoms with Gasteiger partial charge < -0.3 is 15.2 Å². The Morgan fingerprint density at radius 2 is 1.67 bits per heavy atom. The number of nitrogens with one attached hydrogen (secondary N) is 2. The van der Waals surface area contributed by atoms with E-state index in [-0.39, 0.29) is 35.4 Å². The molecule has 8 rings (SSSR count). The number of fused-ring (bicyclic) bond motifs is 1. The van der Waals surface area contributed by atoms with E-state index in [1.165, 1.54) is 41.4 Å². The third-order valence-electron chi connectivity index (χ3n) is 10.8. The SMILES string of the molecule is Cc1[nH]c2ccccc2c1[C@@H]1[C@@H](CC(=O)N(CC(=O)NC23CC4CC(CC(C4)C2)C3)C2CC2)C1(C)C. The van der Waals surface area contributed by atoms with Crippen LogP contribution in [0.4, 0.5) is 0 Å². The van der Waals surface area contributed by atoms with Gasteiger partial charge in [-0.25, -0.2) is 0 Å². The summed E-state index contributed by atoms with van der Waals surface area (Å²) in [6, 6.07) is 8.77. The molecule has 36 heavy (non-hydrogen) atoms. The van der Waals surface area contributed by atoms with E-state index in [1.54, 1.807) is 0 Å². The molecule has 5 heteroatoms. The van der Waals surface area contributed by atoms with Crippen LogP contribution >= 0.6 is 0 Å². The maximum absolute atomic E-state index is 13.7. The summed E-state index contributed by atoms with van der Waals surface area (Å²) in [7, 11) is 0. The van der Waals surface area contributed by atoms with Gasteiger partial charge in [-0.05, 0) is 105 Å². The predicted molar refractivity (Wildman–Crippen MR) is 141 cm³/mol. The van der Waals surface area contributed by atoms with Crippen LogP contribution in [-0.4, -0.2) is 39.8 Å². The first kappa shape index (κ1) is 22.9. The fraction of sp³-hybridized carbons (Fsp3) is 0.677. The Bertz CT molecular complexity index is 1190. The second-order valence-corrected chi connectivity index (χ2v) is 13.8. The van der Waals surface area contributed by atoms with Crippen molar-refractivity contribution in [1.82, 2.24) is 15.2 Å². The fourth-order valence-corrected chi connectivity index (χ4v) is 9.26. The molecule has 1 aromatic carbocycles. The number of H-pyrrole nitrogens is 1. The zero-order valence-corrected chi connectivity index (χ0v) is 22.1. The van der Waals surface area contributed by atoms with E-state index in [2.05, 4.69) is 55.3 Å². The number of nitrogens with zero attached hydrogens (tertiary/aromatic N) is 1. The fourth-order valence-electron chi connectivity index (χ4n) is 9.26. The third kappa shape index (κ3) is 3.71. The number of hydrogen-bond acceptors (Lipinski definition) is 2. The molecule has 5 nitrogen and oxygen atoms in total. The highest BCUT2D eigenvalue weighted by atomic mass is 16.2. The zero-order valence-electron chi connectivity index (χ0n) is 22.1. The second-order valence-electron chi connectivity index (χ2n) is 13.8. The molecule has 6 fully saturated rings. The number of aromatic amines is 1. The van der Waals surface area contributed by atoms with Crippen LogP contribution in [-0.2, 0) is 9.59 Å². The van der Waals surface area contributed by atoms with Crippen molar-refractivity contribution in [3.8, 4) is 0 Å². The Balaban J connectivity index is 1.04. The lowest BCUT2D eigenvalue weighted by Crippen LogP contribution is -2.61. The van der Waals surface area contributed by atoms with Gasteiger partial charge in [-0.3, -0.25) is 9.59 Å². The standard InChI is InChI=1S/C31H41N3O2/c1-18-28(23-6-4-5-7-25(23)32-18)29-24(30(29,2)3)13-27(36)34(22-8-9-22)17-26(35)33-31-14-19-10-20(15-31)12-21(11-19)16-31/h4-7,19-22,24,29,32H,8-17H2,1-3H3,(H,33,35)/t19?,20?,21?,24-,29+,31?/m1/s1. The van der Waals surface area contributed by atoms with Gasteiger partial charge in [0, 0.05) is 34.6 Å². The number of para-hydroxylation sites is 1. The number of benzene rings is 1. The zero-order chi connectivity index (χ0) is 24.8. The Morgan fingerprint density at radius 1 is 1.03 bits per heavy atom. The van der Waals surface area contributed by atoms with Crippen LogP contribution in [0.2, 0.25) is 0 Å². The number of aromatic nitrogens is 1. The molecule has 4 bridgehead atoms. The van der Waals surface area contributed by atoms with Gasteiger partial charge in [0.1, 0.15) is 0 Å². The minimum absolute atomic E-state index is 0.0144. The monoisotopic (exact) mass is 487 g/mol. The Labute approximate surface area is 214 Å². The molecule has 6 aliphatic carbocycles. The summed E-state index contributed by atoms with van der Waals surface area (Å²) in [6.07, 6.45) is 10.2. The Kier molecular flexibility index (Phi) is 4.99. The minimum atomic E-state index is 0.0144. The number of carbonyl (C=O) groups excluding carboxylic acids is 2. The first-order valence-corrected chi connectivity index (χ1v) is 14.4. The number of aryl methyl sites for hydroxylation is 1. The van der Waals surface area contributed by atoms with Gasteiger partial charge >= 0.3 is 0 Å². The Morgan fingerprint density at radius 3 is 2.31 bits per heavy atom. The summed E-state index contributed by atoms with van der Waals surface area (Å²) < 4.78 is 0. The normalized spacial score (nSPS) is 35.7. The lowest BCUT2D eigenvalue weighted by atomic mass is 9.53. The predicted octanol–water partition coefficient (Wildman–Crippen LogP) is 5.68. The largest absolute Gasteiger partial charge is 0.358 e. The lowest BCUT2D eigenvalue weighted by molar-refractivity contribution is -0.139. The number of carbonyl (C=O) groups is 2. The van der Waals surface area contributed by atoms with Gasteiger partial charge in [-0.15, -0.1) is 0 Å². The molecule has 192 valence electrons. The van der Waals surface area contributed by atoms with E-state index < -0.39 is 0 Å². The molecule has 0 saturated heterocycles. The third-order valence-corrected chi connectivity index (χ3v) is 10.8. The van der Waals surface area contributed by atoms with E-state index in [0.717, 1.165) is 49.9 Å². The number of hydrogen-bond donors (Lipinski definition) is 2. The minimum Gasteiger partial charge on any atom is -0.358 e. The van der Waals surface area contributed by atoms with Crippen LogP contribution in [0.25, 0.3) is 10.9 Å². The van der Waals surface area contributed by atoms with Crippen molar-refractivity contribution in [2.45, 2.75) is 96.1 Å². The molecule has 0 spiro atoms. The first-order chi connectivity index (χ1) is 17.2. The molecule has 0 radical (unpaired) electrons. The van der Waals surface area contributed by atoms with E-state index in [0.29, 0.717) is 18.3 Å². The van der Waals surface area contributed by atoms with Gasteiger partial charge in [0.05, 0.1) is 6.54 Å². The summed E-state index contributed by atoms with van der Waals surface area (Å²) in [6.45, 7) is 7.01. The molecule has 0 unspecified atom stereocenters. The van der Waals surface area contributed by atoms with Gasteiger partial charge in [0.2, 0.25) is 11.8 Å². The van der Waals surface area contributed by atoms with Crippen molar-refractivity contribution >= 4 is 22.7 Å². The molecule has 0 aliphatic heterocycles. The van der Waals surface area contributed by atoms with Crippen LogP contribution < -0.4 is 5.32 Å². The molecular formula is C31H41N3O2. The average molecular weight is 488 g/mol. The van der Waals surface area contributed by atoms with Crippen molar-refractivity contribution < 1.29 is 9.59 Å². The van der Waals surface area contributed by atoms with Crippen LogP contribution in [0.15, 0.2) is 24.3 Å². The number of amides is 2. The first-order valence-electron chi connectivity index (χ1n) is 14.4. The lowest BCUT2D eigenvalue weighted by Gasteiger charge is -2.57. The van der Waals surface area contributed by atoms with Crippen molar-refractivity contribution in [3.05, 3.63) is 35.5 Å². The van der Waals surface area contributed by atoms with Gasteiger partial charge in [0.15, 0.2) is 0 Å². The van der Waals surface area contributed by atoms with Gasteiger partial charge in [0.25, 0.3) is 0 Å². The maximum Gasteiger partial charge on any atom is 0.240 e. The van der Waals surface area contributed by atoms with Gasteiger partial charge in [-0.1, -0.05) is 32.0 Å². The summed E-state index contributed by atoms with van der Waals surface area (Å²) >= 11 is 0. The van der Waals surface area contributed by atoms with Crippen molar-refractivity contribution in [2.24, 2.45) is 29.1 Å². The summed E-state index contributed by atoms with van der Waals surface area (Å²) in [5, 5.41) is 4.79.